The molecule has 1 saturated heterocycles. The van der Waals surface area contributed by atoms with Crippen LogP contribution in [0.2, 0.25) is 0 Å². The van der Waals surface area contributed by atoms with Crippen molar-refractivity contribution < 1.29 is 23.9 Å². The molecular weight excluding hydrogens is 482 g/mol. The van der Waals surface area contributed by atoms with Crippen molar-refractivity contribution in [2.24, 2.45) is 5.92 Å². The van der Waals surface area contributed by atoms with Crippen molar-refractivity contribution in [3.63, 3.8) is 0 Å². The lowest BCUT2D eigenvalue weighted by molar-refractivity contribution is -0.122. The van der Waals surface area contributed by atoms with Gasteiger partial charge in [-0.2, -0.15) is 0 Å². The molecule has 4 rings (SSSR count). The summed E-state index contributed by atoms with van der Waals surface area (Å²) in [6.07, 6.45) is 0.154. The minimum absolute atomic E-state index is 0.0551. The molecule has 1 aliphatic rings. The summed E-state index contributed by atoms with van der Waals surface area (Å²) in [6, 6.07) is 21.6. The Morgan fingerprint density at radius 2 is 1.66 bits per heavy atom. The third-order valence-corrected chi connectivity index (χ3v) is 6.13. The van der Waals surface area contributed by atoms with E-state index < -0.39 is 5.92 Å². The number of ether oxygens (including phenoxy) is 2. The normalized spacial score (nSPS) is 14.9. The number of carbonyl (C=O) groups is 3. The molecule has 8 nitrogen and oxygen atoms in total. The number of hydrogen-bond acceptors (Lipinski definition) is 5. The molecule has 3 amide bonds. The van der Waals surface area contributed by atoms with Gasteiger partial charge in [0.1, 0.15) is 11.5 Å². The number of nitrogens with one attached hydrogen (secondary N) is 2. The maximum atomic E-state index is 13.1. The van der Waals surface area contributed by atoms with Crippen LogP contribution in [0.5, 0.6) is 11.5 Å². The average molecular weight is 516 g/mol. The third-order valence-electron chi connectivity index (χ3n) is 6.13. The smallest absolute Gasteiger partial charge is 0.253 e. The van der Waals surface area contributed by atoms with E-state index in [2.05, 4.69) is 10.6 Å². The second-order valence-corrected chi connectivity index (χ2v) is 9.36. The zero-order chi connectivity index (χ0) is 27.1. The molecule has 0 radical (unpaired) electrons. The van der Waals surface area contributed by atoms with Crippen LogP contribution in [0.4, 0.5) is 11.4 Å². The fourth-order valence-electron chi connectivity index (χ4n) is 4.28. The average Bonchev–Trinajstić information content (AvgIpc) is 3.30. The van der Waals surface area contributed by atoms with Gasteiger partial charge in [0, 0.05) is 25.2 Å². The molecule has 0 aromatic heterocycles. The highest BCUT2D eigenvalue weighted by Gasteiger charge is 2.35. The molecule has 3 aromatic rings. The lowest BCUT2D eigenvalue weighted by Gasteiger charge is -2.18. The van der Waals surface area contributed by atoms with Crippen molar-refractivity contribution in [1.29, 1.82) is 0 Å². The monoisotopic (exact) mass is 515 g/mol. The Labute approximate surface area is 222 Å². The minimum Gasteiger partial charge on any atom is -0.494 e. The van der Waals surface area contributed by atoms with E-state index in [9.17, 15) is 14.4 Å². The first-order valence-corrected chi connectivity index (χ1v) is 12.8. The first kappa shape index (κ1) is 26.7. The molecule has 0 saturated carbocycles. The van der Waals surface area contributed by atoms with Crippen LogP contribution >= 0.6 is 0 Å². The van der Waals surface area contributed by atoms with Gasteiger partial charge < -0.3 is 25.0 Å². The van der Waals surface area contributed by atoms with E-state index in [0.717, 1.165) is 22.7 Å². The van der Waals surface area contributed by atoms with Crippen LogP contribution in [-0.4, -0.2) is 37.0 Å². The highest BCUT2D eigenvalue weighted by Crippen LogP contribution is 2.28. The van der Waals surface area contributed by atoms with Gasteiger partial charge in [-0.15, -0.1) is 0 Å². The molecule has 0 spiro atoms. The highest BCUT2D eigenvalue weighted by molar-refractivity contribution is 6.07. The fourth-order valence-corrected chi connectivity index (χ4v) is 4.28. The number of benzene rings is 3. The van der Waals surface area contributed by atoms with Crippen molar-refractivity contribution in [2.75, 3.05) is 23.4 Å². The molecule has 1 aliphatic heterocycles. The molecule has 0 unspecified atom stereocenters. The fraction of sp³-hybridized carbons (Fsp3) is 0.300. The molecule has 0 aliphatic carbocycles. The van der Waals surface area contributed by atoms with Gasteiger partial charge in [-0.3, -0.25) is 14.4 Å². The van der Waals surface area contributed by atoms with Crippen molar-refractivity contribution in [2.45, 2.75) is 39.8 Å². The van der Waals surface area contributed by atoms with Gasteiger partial charge in [-0.05, 0) is 74.9 Å². The van der Waals surface area contributed by atoms with Crippen LogP contribution in [0.1, 0.15) is 43.1 Å². The van der Waals surface area contributed by atoms with Crippen LogP contribution in [0.15, 0.2) is 72.8 Å². The van der Waals surface area contributed by atoms with Crippen LogP contribution in [0.3, 0.4) is 0 Å². The zero-order valence-electron chi connectivity index (χ0n) is 21.9. The maximum absolute atomic E-state index is 13.1. The van der Waals surface area contributed by atoms with Crippen LogP contribution in [-0.2, 0) is 16.1 Å². The van der Waals surface area contributed by atoms with Crippen LogP contribution in [0.25, 0.3) is 0 Å². The summed E-state index contributed by atoms with van der Waals surface area (Å²) in [5, 5.41) is 5.76. The van der Waals surface area contributed by atoms with Gasteiger partial charge in [-0.25, -0.2) is 0 Å². The first-order chi connectivity index (χ1) is 18.3. The third kappa shape index (κ3) is 6.70. The lowest BCUT2D eigenvalue weighted by atomic mass is 10.1. The zero-order valence-corrected chi connectivity index (χ0v) is 21.9. The molecule has 38 heavy (non-hydrogen) atoms. The molecule has 1 atom stereocenters. The number of amides is 3. The molecule has 1 fully saturated rings. The molecule has 3 aromatic carbocycles. The van der Waals surface area contributed by atoms with Crippen molar-refractivity contribution in [3.05, 3.63) is 83.9 Å². The van der Waals surface area contributed by atoms with Crippen LogP contribution < -0.4 is 25.0 Å². The maximum Gasteiger partial charge on any atom is 0.253 e. The first-order valence-electron chi connectivity index (χ1n) is 12.8. The summed E-state index contributed by atoms with van der Waals surface area (Å²) in [6.45, 7) is 7.01. The summed E-state index contributed by atoms with van der Waals surface area (Å²) in [5.41, 5.74) is 2.41. The number of hydrogen-bond donors (Lipinski definition) is 2. The number of rotatable bonds is 10. The Bertz CT molecular complexity index is 1270. The molecular formula is C30H33N3O5. The second-order valence-electron chi connectivity index (χ2n) is 9.36. The minimum atomic E-state index is -0.533. The highest BCUT2D eigenvalue weighted by atomic mass is 16.5. The Morgan fingerprint density at radius 1 is 0.974 bits per heavy atom. The quantitative estimate of drug-likeness (QED) is 0.405. The number of nitrogens with zero attached hydrogens (tertiary/aromatic N) is 1. The SMILES string of the molecule is CCOc1ccc(CNC(=O)c2ccccc2NC(=O)[C@H]2CC(=O)N(c3ccc(OC(C)C)cc3)C2)cc1. The molecule has 0 bridgehead atoms. The van der Waals surface area contributed by atoms with Crippen molar-refractivity contribution in [1.82, 2.24) is 5.32 Å². The molecule has 198 valence electrons. The Balaban J connectivity index is 1.37. The van der Waals surface area contributed by atoms with Gasteiger partial charge >= 0.3 is 0 Å². The van der Waals surface area contributed by atoms with E-state index in [-0.39, 0.29) is 36.8 Å². The van der Waals surface area contributed by atoms with Gasteiger partial charge in [0.15, 0.2) is 0 Å². The van der Waals surface area contributed by atoms with E-state index in [4.69, 9.17) is 9.47 Å². The van der Waals surface area contributed by atoms with Crippen molar-refractivity contribution >= 4 is 29.1 Å². The summed E-state index contributed by atoms with van der Waals surface area (Å²) in [5.74, 6) is 0.243. The summed E-state index contributed by atoms with van der Waals surface area (Å²) < 4.78 is 11.1. The molecule has 8 heteroatoms. The summed E-state index contributed by atoms with van der Waals surface area (Å²) in [4.78, 5) is 40.3. The molecule has 2 N–H and O–H groups in total. The van der Waals surface area contributed by atoms with E-state index in [1.165, 1.54) is 0 Å². The summed E-state index contributed by atoms with van der Waals surface area (Å²) >= 11 is 0. The Kier molecular flexibility index (Phi) is 8.63. The van der Waals surface area contributed by atoms with E-state index in [1.807, 2.05) is 69.3 Å². The number of para-hydroxylation sites is 1. The number of carbonyl (C=O) groups excluding carboxylic acids is 3. The van der Waals surface area contributed by atoms with Crippen LogP contribution in [0, 0.1) is 5.92 Å². The van der Waals surface area contributed by atoms with Gasteiger partial charge in [0.2, 0.25) is 11.8 Å². The second kappa shape index (κ2) is 12.3. The predicted octanol–water partition coefficient (Wildman–Crippen LogP) is 4.79. The van der Waals surface area contributed by atoms with Crippen molar-refractivity contribution in [3.8, 4) is 11.5 Å². The van der Waals surface area contributed by atoms with E-state index >= 15 is 0 Å². The summed E-state index contributed by atoms with van der Waals surface area (Å²) in [7, 11) is 0. The largest absolute Gasteiger partial charge is 0.494 e. The van der Waals surface area contributed by atoms with E-state index in [0.29, 0.717) is 24.4 Å². The predicted molar refractivity (Wildman–Crippen MR) is 147 cm³/mol. The van der Waals surface area contributed by atoms with Gasteiger partial charge in [-0.1, -0.05) is 24.3 Å². The lowest BCUT2D eigenvalue weighted by Crippen LogP contribution is -2.29. The topological polar surface area (TPSA) is 97.0 Å². The molecule has 1 heterocycles. The Hall–Kier alpha value is -4.33. The van der Waals surface area contributed by atoms with Gasteiger partial charge in [0.25, 0.3) is 5.91 Å². The van der Waals surface area contributed by atoms with Gasteiger partial charge in [0.05, 0.1) is 29.9 Å². The van der Waals surface area contributed by atoms with E-state index in [1.54, 1.807) is 29.2 Å². The number of anilines is 2. The Morgan fingerprint density at radius 3 is 2.34 bits per heavy atom. The standard InChI is InChI=1S/C30H33N3O5/c1-4-37-24-13-9-21(10-14-24)18-31-30(36)26-7-5-6-8-27(26)32-29(35)22-17-28(34)33(19-22)23-11-15-25(16-12-23)38-20(2)3/h5-16,20,22H,4,17-19H2,1-3H3,(H,31,36)(H,32,35)/t22-/m0/s1.